The van der Waals surface area contributed by atoms with Gasteiger partial charge in [0.2, 0.25) is 0 Å². The van der Waals surface area contributed by atoms with E-state index >= 15 is 4.79 Å². The second kappa shape index (κ2) is 11.0. The van der Waals surface area contributed by atoms with Crippen LogP contribution in [0, 0.1) is 0 Å². The van der Waals surface area contributed by atoms with Crippen LogP contribution in [0.1, 0.15) is 68.6 Å². The van der Waals surface area contributed by atoms with Crippen LogP contribution >= 0.6 is 0 Å². The first-order valence-corrected chi connectivity index (χ1v) is 15.6. The predicted molar refractivity (Wildman–Crippen MR) is 190 cm³/mol. The van der Waals surface area contributed by atoms with Gasteiger partial charge in [0.15, 0.2) is 11.2 Å². The van der Waals surface area contributed by atoms with E-state index in [0.717, 1.165) is 33.5 Å². The van der Waals surface area contributed by atoms with Crippen LogP contribution < -0.4 is 10.3 Å². The van der Waals surface area contributed by atoms with Crippen molar-refractivity contribution in [3.63, 3.8) is 0 Å². The van der Waals surface area contributed by atoms with E-state index in [1.165, 1.54) is 11.1 Å². The molecule has 226 valence electrons. The molecule has 0 spiro atoms. The summed E-state index contributed by atoms with van der Waals surface area (Å²) in [6.45, 7) is 13.1. The van der Waals surface area contributed by atoms with Gasteiger partial charge in [0, 0.05) is 47.6 Å². The molecule has 3 nitrogen and oxygen atoms in total. The molecule has 0 amide bonds. The summed E-state index contributed by atoms with van der Waals surface area (Å²) in [5.41, 5.74) is 10.5. The van der Waals surface area contributed by atoms with E-state index in [2.05, 4.69) is 95.0 Å². The van der Waals surface area contributed by atoms with E-state index in [-0.39, 0.29) is 22.0 Å². The summed E-state index contributed by atoms with van der Waals surface area (Å²) in [5, 5.41) is 0. The standard InChI is InChI=1S/C42H41NO2/c1-41(2,3)29-19-13-27(14-20-29)35-25-34(26-17-23-31(24-18-26)43(7)8)38-37(32-11-9-10-12-33(32)39(38)44)36(40(35)45)28-15-21-30(22-16-28)42(4,5)6/h9-25H,1-8H3. The van der Waals surface area contributed by atoms with Crippen molar-refractivity contribution in [1.82, 2.24) is 0 Å². The number of benzene rings is 4. The average molecular weight is 592 g/mol. The van der Waals surface area contributed by atoms with Crippen LogP contribution in [0.15, 0.2) is 108 Å². The van der Waals surface area contributed by atoms with Gasteiger partial charge in [-0.2, -0.15) is 0 Å². The second-order valence-electron chi connectivity index (χ2n) is 14.4. The molecular weight excluding hydrogens is 550 g/mol. The number of fused-ring (bicyclic) bond motifs is 3. The van der Waals surface area contributed by atoms with Crippen LogP contribution in [0.25, 0.3) is 44.5 Å². The maximum atomic E-state index is 15.0. The Balaban J connectivity index is 1.75. The van der Waals surface area contributed by atoms with Crippen molar-refractivity contribution < 1.29 is 4.79 Å². The van der Waals surface area contributed by atoms with Crippen molar-refractivity contribution in [3.8, 4) is 44.5 Å². The Labute approximate surface area is 267 Å². The Hall–Kier alpha value is -4.76. The second-order valence-corrected chi connectivity index (χ2v) is 14.4. The predicted octanol–water partition coefficient (Wildman–Crippen LogP) is 9.92. The molecule has 0 atom stereocenters. The minimum Gasteiger partial charge on any atom is -0.378 e. The first-order valence-electron chi connectivity index (χ1n) is 15.6. The third-order valence-electron chi connectivity index (χ3n) is 8.99. The van der Waals surface area contributed by atoms with E-state index in [0.29, 0.717) is 27.8 Å². The number of ketones is 1. The molecule has 45 heavy (non-hydrogen) atoms. The maximum absolute atomic E-state index is 15.0. The summed E-state index contributed by atoms with van der Waals surface area (Å²) in [6.07, 6.45) is 0. The molecule has 0 N–H and O–H groups in total. The summed E-state index contributed by atoms with van der Waals surface area (Å²) < 4.78 is 0. The number of hydrogen-bond acceptors (Lipinski definition) is 3. The fraction of sp³-hybridized carbons (Fsp3) is 0.238. The lowest BCUT2D eigenvalue weighted by atomic mass is 9.85. The minimum atomic E-state index is -0.0843. The smallest absolute Gasteiger partial charge is 0.194 e. The summed E-state index contributed by atoms with van der Waals surface area (Å²) in [5.74, 6) is -0.0514. The van der Waals surface area contributed by atoms with Crippen LogP contribution in [0.2, 0.25) is 0 Å². The highest BCUT2D eigenvalue weighted by Crippen LogP contribution is 2.46. The molecule has 0 fully saturated rings. The monoisotopic (exact) mass is 591 g/mol. The molecule has 5 aromatic carbocycles. The third kappa shape index (κ3) is 5.42. The Morgan fingerprint density at radius 2 is 0.933 bits per heavy atom. The van der Waals surface area contributed by atoms with Crippen LogP contribution in [-0.2, 0) is 10.8 Å². The van der Waals surface area contributed by atoms with Gasteiger partial charge in [-0.15, -0.1) is 0 Å². The summed E-state index contributed by atoms with van der Waals surface area (Å²) in [6, 6.07) is 34.5. The maximum Gasteiger partial charge on any atom is 0.194 e. The fourth-order valence-corrected chi connectivity index (χ4v) is 6.27. The summed E-state index contributed by atoms with van der Waals surface area (Å²) in [7, 11) is 4.02. The lowest BCUT2D eigenvalue weighted by molar-refractivity contribution is 0.104. The van der Waals surface area contributed by atoms with Gasteiger partial charge in [0.25, 0.3) is 0 Å². The first kappa shape index (κ1) is 30.3. The summed E-state index contributed by atoms with van der Waals surface area (Å²) in [4.78, 5) is 31.4. The molecule has 1 aliphatic carbocycles. The van der Waals surface area contributed by atoms with Crippen LogP contribution in [0.4, 0.5) is 5.69 Å². The van der Waals surface area contributed by atoms with E-state index in [1.54, 1.807) is 0 Å². The topological polar surface area (TPSA) is 37.4 Å². The first-order chi connectivity index (χ1) is 21.3. The van der Waals surface area contributed by atoms with E-state index in [4.69, 9.17) is 0 Å². The molecule has 1 aliphatic rings. The number of carbonyl (C=O) groups excluding carboxylic acids is 1. The molecule has 0 unspecified atom stereocenters. The Bertz CT molecular complexity index is 1980. The van der Waals surface area contributed by atoms with E-state index < -0.39 is 0 Å². The molecule has 6 rings (SSSR count). The number of nitrogens with zero attached hydrogens (tertiary/aromatic N) is 1. The Morgan fingerprint density at radius 3 is 1.44 bits per heavy atom. The molecule has 0 aromatic heterocycles. The number of rotatable bonds is 4. The van der Waals surface area contributed by atoms with Gasteiger partial charge >= 0.3 is 0 Å². The molecule has 0 saturated carbocycles. The zero-order chi connectivity index (χ0) is 32.3. The van der Waals surface area contributed by atoms with Gasteiger partial charge in [-0.1, -0.05) is 126 Å². The third-order valence-corrected chi connectivity index (χ3v) is 8.99. The van der Waals surface area contributed by atoms with Gasteiger partial charge in [0.1, 0.15) is 0 Å². The zero-order valence-electron chi connectivity index (χ0n) is 27.6. The minimum absolute atomic E-state index is 0.0171. The molecule has 5 aromatic rings. The highest BCUT2D eigenvalue weighted by Gasteiger charge is 2.33. The van der Waals surface area contributed by atoms with Crippen molar-refractivity contribution in [2.45, 2.75) is 52.4 Å². The fourth-order valence-electron chi connectivity index (χ4n) is 6.27. The van der Waals surface area contributed by atoms with E-state index in [9.17, 15) is 4.79 Å². The zero-order valence-corrected chi connectivity index (χ0v) is 27.6. The molecule has 0 aliphatic heterocycles. The van der Waals surface area contributed by atoms with Gasteiger partial charge in [-0.3, -0.25) is 9.59 Å². The molecule has 0 saturated heterocycles. The lowest BCUT2D eigenvalue weighted by Gasteiger charge is -2.19. The molecule has 0 radical (unpaired) electrons. The van der Waals surface area contributed by atoms with Crippen molar-refractivity contribution in [2.24, 2.45) is 0 Å². The highest BCUT2D eigenvalue weighted by atomic mass is 16.1. The normalized spacial score (nSPS) is 12.6. The highest BCUT2D eigenvalue weighted by molar-refractivity contribution is 6.26. The quantitative estimate of drug-likeness (QED) is 0.205. The molecule has 0 bridgehead atoms. The van der Waals surface area contributed by atoms with Crippen molar-refractivity contribution >= 4 is 11.5 Å². The van der Waals surface area contributed by atoms with Crippen LogP contribution in [-0.4, -0.2) is 19.9 Å². The van der Waals surface area contributed by atoms with Gasteiger partial charge < -0.3 is 4.90 Å². The Morgan fingerprint density at radius 1 is 0.467 bits per heavy atom. The number of anilines is 1. The van der Waals surface area contributed by atoms with Crippen LogP contribution in [0.5, 0.6) is 0 Å². The average Bonchev–Trinajstić information content (AvgIpc) is 3.20. The van der Waals surface area contributed by atoms with E-state index in [1.807, 2.05) is 68.7 Å². The van der Waals surface area contributed by atoms with Gasteiger partial charge in [-0.05, 0) is 68.0 Å². The Kier molecular flexibility index (Phi) is 7.40. The molecule has 0 heterocycles. The number of hydrogen-bond donors (Lipinski definition) is 0. The largest absolute Gasteiger partial charge is 0.378 e. The van der Waals surface area contributed by atoms with Gasteiger partial charge in [-0.25, -0.2) is 0 Å². The van der Waals surface area contributed by atoms with Crippen molar-refractivity contribution in [3.05, 3.63) is 136 Å². The number of carbonyl (C=O) groups is 1. The van der Waals surface area contributed by atoms with Gasteiger partial charge in [0.05, 0.1) is 0 Å². The SMILES string of the molecule is CN(C)c1ccc(-c2cc(-c3ccc(C(C)(C)C)cc3)c(=O)c(-c3ccc(C(C)(C)C)cc3)c3c2C(=O)c2ccccc2-3)cc1. The van der Waals surface area contributed by atoms with Crippen molar-refractivity contribution in [2.75, 3.05) is 19.0 Å². The molecular formula is C42H41NO2. The van der Waals surface area contributed by atoms with Crippen LogP contribution in [0.3, 0.4) is 0 Å². The van der Waals surface area contributed by atoms with Crippen molar-refractivity contribution in [1.29, 1.82) is 0 Å². The lowest BCUT2D eigenvalue weighted by Crippen LogP contribution is -2.12. The summed E-state index contributed by atoms with van der Waals surface area (Å²) >= 11 is 0. The molecule has 3 heteroatoms.